The van der Waals surface area contributed by atoms with E-state index in [0.29, 0.717) is 12.0 Å². The molecule has 0 aromatic rings. The van der Waals surface area contributed by atoms with Crippen molar-refractivity contribution in [2.45, 2.75) is 60.0 Å². The molecule has 0 amide bonds. The second-order valence-electron chi connectivity index (χ2n) is 5.23. The van der Waals surface area contributed by atoms with Crippen LogP contribution in [0.3, 0.4) is 0 Å². The average molecular weight is 270 g/mol. The Morgan fingerprint density at radius 2 is 1.79 bits per heavy atom. The molecule has 0 aliphatic carbocycles. The Morgan fingerprint density at radius 1 is 1.16 bits per heavy atom. The first-order valence-electron chi connectivity index (χ1n) is 6.92. The highest BCUT2D eigenvalue weighted by Crippen LogP contribution is 2.08. The van der Waals surface area contributed by atoms with Gasteiger partial charge >= 0.3 is 11.9 Å². The molecule has 0 spiro atoms. The zero-order valence-corrected chi connectivity index (χ0v) is 12.7. The number of rotatable bonds is 8. The molecular formula is C15H26O4. The lowest BCUT2D eigenvalue weighted by Gasteiger charge is -2.12. The Labute approximate surface area is 116 Å². The molecule has 0 aliphatic rings. The highest BCUT2D eigenvalue weighted by atomic mass is 16.6. The van der Waals surface area contributed by atoms with Gasteiger partial charge in [0.25, 0.3) is 0 Å². The van der Waals surface area contributed by atoms with Crippen LogP contribution in [0, 0.1) is 5.92 Å². The van der Waals surface area contributed by atoms with E-state index < -0.39 is 5.97 Å². The summed E-state index contributed by atoms with van der Waals surface area (Å²) in [5.41, 5.74) is 0.424. The van der Waals surface area contributed by atoms with Crippen LogP contribution in [-0.4, -0.2) is 24.6 Å². The van der Waals surface area contributed by atoms with Crippen molar-refractivity contribution in [1.82, 2.24) is 0 Å². The topological polar surface area (TPSA) is 52.6 Å². The molecule has 0 saturated heterocycles. The van der Waals surface area contributed by atoms with E-state index in [1.54, 1.807) is 19.9 Å². The normalized spacial score (nSPS) is 11.8. The minimum absolute atomic E-state index is 0.00287. The largest absolute Gasteiger partial charge is 0.461 e. The fraction of sp³-hybridized carbons (Fsp3) is 0.733. The van der Waals surface area contributed by atoms with E-state index in [2.05, 4.69) is 0 Å². The van der Waals surface area contributed by atoms with E-state index in [1.807, 2.05) is 20.8 Å². The summed E-state index contributed by atoms with van der Waals surface area (Å²) in [7, 11) is 0. The Balaban J connectivity index is 4.44. The molecule has 0 saturated carbocycles. The van der Waals surface area contributed by atoms with Crippen LogP contribution in [0.25, 0.3) is 0 Å². The number of unbranched alkanes of at least 4 members (excludes halogenated alkanes) is 1. The lowest BCUT2D eigenvalue weighted by Crippen LogP contribution is -2.19. The molecule has 0 bridgehead atoms. The summed E-state index contributed by atoms with van der Waals surface area (Å²) < 4.78 is 10.2. The molecule has 0 aliphatic heterocycles. The lowest BCUT2D eigenvalue weighted by molar-refractivity contribution is -0.146. The SMILES string of the molecule is CCCC=C(COC(=O)CC(C)C)C(=O)OC(C)C. The van der Waals surface area contributed by atoms with Crippen molar-refractivity contribution >= 4 is 11.9 Å². The van der Waals surface area contributed by atoms with Crippen molar-refractivity contribution in [2.75, 3.05) is 6.61 Å². The molecule has 0 radical (unpaired) electrons. The van der Waals surface area contributed by atoms with Gasteiger partial charge in [0.1, 0.15) is 6.61 Å². The van der Waals surface area contributed by atoms with Crippen LogP contribution < -0.4 is 0 Å². The standard InChI is InChI=1S/C15H26O4/c1-6-7-8-13(15(17)19-12(4)5)10-18-14(16)9-11(2)3/h8,11-12H,6-7,9-10H2,1-5H3. The number of allylic oxidation sites excluding steroid dienone is 1. The molecule has 19 heavy (non-hydrogen) atoms. The molecule has 0 aromatic heterocycles. The van der Waals surface area contributed by atoms with Crippen LogP contribution >= 0.6 is 0 Å². The maximum absolute atomic E-state index is 11.8. The lowest BCUT2D eigenvalue weighted by atomic mass is 10.1. The predicted molar refractivity (Wildman–Crippen MR) is 74.6 cm³/mol. The summed E-state index contributed by atoms with van der Waals surface area (Å²) in [6.07, 6.45) is 3.67. The highest BCUT2D eigenvalue weighted by molar-refractivity contribution is 5.89. The fourth-order valence-corrected chi connectivity index (χ4v) is 1.36. The van der Waals surface area contributed by atoms with Crippen LogP contribution in [0.1, 0.15) is 53.9 Å². The Hall–Kier alpha value is -1.32. The second-order valence-corrected chi connectivity index (χ2v) is 5.23. The summed E-state index contributed by atoms with van der Waals surface area (Å²) >= 11 is 0. The number of esters is 2. The average Bonchev–Trinajstić information content (AvgIpc) is 2.26. The molecule has 0 fully saturated rings. The molecule has 0 aromatic carbocycles. The second kappa shape index (κ2) is 9.59. The van der Waals surface area contributed by atoms with Gasteiger partial charge < -0.3 is 9.47 Å². The highest BCUT2D eigenvalue weighted by Gasteiger charge is 2.15. The number of ether oxygens (including phenoxy) is 2. The van der Waals surface area contributed by atoms with Crippen LogP contribution in [0.4, 0.5) is 0 Å². The van der Waals surface area contributed by atoms with Gasteiger partial charge in [-0.05, 0) is 26.2 Å². The van der Waals surface area contributed by atoms with Crippen molar-refractivity contribution in [3.63, 3.8) is 0 Å². The first-order chi connectivity index (χ1) is 8.86. The van der Waals surface area contributed by atoms with Gasteiger partial charge in [-0.3, -0.25) is 4.79 Å². The quantitative estimate of drug-likeness (QED) is 0.502. The maximum atomic E-state index is 11.8. The minimum Gasteiger partial charge on any atom is -0.461 e. The molecule has 0 unspecified atom stereocenters. The third kappa shape index (κ3) is 9.28. The van der Waals surface area contributed by atoms with Crippen LogP contribution in [0.2, 0.25) is 0 Å². The maximum Gasteiger partial charge on any atom is 0.337 e. The zero-order valence-electron chi connectivity index (χ0n) is 12.7. The molecule has 0 heterocycles. The van der Waals surface area contributed by atoms with E-state index in [1.165, 1.54) is 0 Å². The fourth-order valence-electron chi connectivity index (χ4n) is 1.36. The monoisotopic (exact) mass is 270 g/mol. The summed E-state index contributed by atoms with van der Waals surface area (Å²) in [5.74, 6) is -0.436. The number of carbonyl (C=O) groups is 2. The summed E-state index contributed by atoms with van der Waals surface area (Å²) in [6.45, 7) is 9.49. The summed E-state index contributed by atoms with van der Waals surface area (Å²) in [5, 5.41) is 0. The number of hydrogen-bond donors (Lipinski definition) is 0. The third-order valence-electron chi connectivity index (χ3n) is 2.25. The third-order valence-corrected chi connectivity index (χ3v) is 2.25. The van der Waals surface area contributed by atoms with Gasteiger partial charge in [-0.25, -0.2) is 4.79 Å². The first-order valence-corrected chi connectivity index (χ1v) is 6.92. The van der Waals surface area contributed by atoms with Gasteiger partial charge in [0.05, 0.1) is 11.7 Å². The van der Waals surface area contributed by atoms with E-state index in [9.17, 15) is 9.59 Å². The van der Waals surface area contributed by atoms with Crippen LogP contribution in [-0.2, 0) is 19.1 Å². The van der Waals surface area contributed by atoms with Gasteiger partial charge in [0, 0.05) is 6.42 Å². The molecular weight excluding hydrogens is 244 g/mol. The summed E-state index contributed by atoms with van der Waals surface area (Å²) in [4.78, 5) is 23.3. The first kappa shape index (κ1) is 17.7. The van der Waals surface area contributed by atoms with Gasteiger partial charge in [-0.15, -0.1) is 0 Å². The van der Waals surface area contributed by atoms with E-state index >= 15 is 0 Å². The van der Waals surface area contributed by atoms with Crippen molar-refractivity contribution in [1.29, 1.82) is 0 Å². The molecule has 0 N–H and O–H groups in total. The Kier molecular flexibility index (Phi) is 8.92. The van der Waals surface area contributed by atoms with Crippen LogP contribution in [0.15, 0.2) is 11.6 Å². The van der Waals surface area contributed by atoms with Crippen LogP contribution in [0.5, 0.6) is 0 Å². The van der Waals surface area contributed by atoms with Gasteiger partial charge in [0.15, 0.2) is 0 Å². The summed E-state index contributed by atoms with van der Waals surface area (Å²) in [6, 6.07) is 0. The van der Waals surface area contributed by atoms with Crippen molar-refractivity contribution in [3.05, 3.63) is 11.6 Å². The molecule has 0 atom stereocenters. The van der Waals surface area contributed by atoms with E-state index in [4.69, 9.17) is 9.47 Å². The zero-order chi connectivity index (χ0) is 14.8. The minimum atomic E-state index is -0.402. The Morgan fingerprint density at radius 3 is 2.26 bits per heavy atom. The van der Waals surface area contributed by atoms with Crippen molar-refractivity contribution in [2.24, 2.45) is 5.92 Å². The Bertz CT molecular complexity index is 316. The molecule has 110 valence electrons. The van der Waals surface area contributed by atoms with Crippen molar-refractivity contribution in [3.8, 4) is 0 Å². The van der Waals surface area contributed by atoms with Gasteiger partial charge in [-0.1, -0.05) is 33.3 Å². The predicted octanol–water partition coefficient (Wildman–Crippen LogP) is 3.25. The smallest absolute Gasteiger partial charge is 0.337 e. The van der Waals surface area contributed by atoms with Gasteiger partial charge in [0.2, 0.25) is 0 Å². The van der Waals surface area contributed by atoms with E-state index in [0.717, 1.165) is 12.8 Å². The van der Waals surface area contributed by atoms with E-state index in [-0.39, 0.29) is 24.6 Å². The molecule has 4 heteroatoms. The molecule has 4 nitrogen and oxygen atoms in total. The van der Waals surface area contributed by atoms with Crippen molar-refractivity contribution < 1.29 is 19.1 Å². The number of hydrogen-bond acceptors (Lipinski definition) is 4. The molecule has 0 rings (SSSR count). The van der Waals surface area contributed by atoms with Gasteiger partial charge in [-0.2, -0.15) is 0 Å². The number of carbonyl (C=O) groups excluding carboxylic acids is 2.